The Kier molecular flexibility index (Phi) is 3.46. The molecule has 2 amide bonds. The average molecular weight is 211 g/mol. The summed E-state index contributed by atoms with van der Waals surface area (Å²) >= 11 is 0. The first kappa shape index (κ1) is 10.7. The van der Waals surface area contributed by atoms with Crippen molar-refractivity contribution in [3.05, 3.63) is 0 Å². The first-order chi connectivity index (χ1) is 7.31. The van der Waals surface area contributed by atoms with Gasteiger partial charge in [0, 0.05) is 26.2 Å². The van der Waals surface area contributed by atoms with Gasteiger partial charge in [-0.25, -0.2) is 4.79 Å². The first-order valence-corrected chi connectivity index (χ1v) is 6.02. The van der Waals surface area contributed by atoms with E-state index in [9.17, 15) is 4.79 Å². The second-order valence-corrected chi connectivity index (χ2v) is 4.54. The highest BCUT2D eigenvalue weighted by molar-refractivity contribution is 5.74. The number of hydrogen-bond donors (Lipinski definition) is 1. The molecule has 0 saturated carbocycles. The van der Waals surface area contributed by atoms with Gasteiger partial charge in [0.05, 0.1) is 0 Å². The summed E-state index contributed by atoms with van der Waals surface area (Å²) in [7, 11) is 1.70. The van der Waals surface area contributed by atoms with Gasteiger partial charge < -0.3 is 10.2 Å². The van der Waals surface area contributed by atoms with Crippen LogP contribution in [0.1, 0.15) is 25.7 Å². The zero-order chi connectivity index (χ0) is 10.7. The highest BCUT2D eigenvalue weighted by atomic mass is 16.2. The van der Waals surface area contributed by atoms with E-state index >= 15 is 0 Å². The number of hydrogen-bond acceptors (Lipinski definition) is 2. The van der Waals surface area contributed by atoms with E-state index in [1.54, 1.807) is 7.05 Å². The quantitative estimate of drug-likeness (QED) is 0.699. The molecule has 0 bridgehead atoms. The monoisotopic (exact) mass is 211 g/mol. The summed E-state index contributed by atoms with van der Waals surface area (Å²) in [5, 5.41) is 2.70. The number of likely N-dealkylation sites (tertiary alicyclic amines) is 2. The Hall–Kier alpha value is -0.770. The second kappa shape index (κ2) is 4.84. The van der Waals surface area contributed by atoms with Gasteiger partial charge in [0.15, 0.2) is 0 Å². The minimum absolute atomic E-state index is 0.0782. The number of carbonyl (C=O) groups is 1. The molecular formula is C11H21N3O. The van der Waals surface area contributed by atoms with Gasteiger partial charge in [-0.05, 0) is 32.4 Å². The third-order valence-corrected chi connectivity index (χ3v) is 3.57. The zero-order valence-corrected chi connectivity index (χ0v) is 9.54. The van der Waals surface area contributed by atoms with Gasteiger partial charge in [-0.1, -0.05) is 6.42 Å². The summed E-state index contributed by atoms with van der Waals surface area (Å²) in [4.78, 5) is 15.9. The number of piperidine rings is 1. The van der Waals surface area contributed by atoms with Crippen LogP contribution in [0.4, 0.5) is 4.79 Å². The number of nitrogens with zero attached hydrogens (tertiary/aromatic N) is 2. The highest BCUT2D eigenvalue weighted by Gasteiger charge is 2.30. The fraction of sp³-hybridized carbons (Fsp3) is 0.909. The third kappa shape index (κ3) is 2.43. The summed E-state index contributed by atoms with van der Waals surface area (Å²) in [5.41, 5.74) is 0. The summed E-state index contributed by atoms with van der Waals surface area (Å²) in [6, 6.07) is 0.692. The van der Waals surface area contributed by atoms with E-state index < -0.39 is 0 Å². The zero-order valence-electron chi connectivity index (χ0n) is 9.54. The van der Waals surface area contributed by atoms with Crippen LogP contribution in [-0.2, 0) is 0 Å². The molecule has 0 aromatic heterocycles. The van der Waals surface area contributed by atoms with Crippen molar-refractivity contribution in [2.45, 2.75) is 31.7 Å². The van der Waals surface area contributed by atoms with E-state index in [1.165, 1.54) is 32.4 Å². The Bertz CT molecular complexity index is 226. The van der Waals surface area contributed by atoms with Crippen molar-refractivity contribution in [1.29, 1.82) is 0 Å². The normalized spacial score (nSPS) is 28.1. The molecule has 4 heteroatoms. The molecule has 1 unspecified atom stereocenters. The molecule has 0 radical (unpaired) electrons. The number of carbonyl (C=O) groups excluding carboxylic acids is 1. The number of rotatable bonds is 1. The Morgan fingerprint density at radius 1 is 1.20 bits per heavy atom. The molecule has 2 rings (SSSR count). The highest BCUT2D eigenvalue weighted by Crippen LogP contribution is 2.19. The lowest BCUT2D eigenvalue weighted by atomic mass is 10.1. The third-order valence-electron chi connectivity index (χ3n) is 3.57. The van der Waals surface area contributed by atoms with Crippen molar-refractivity contribution in [3.63, 3.8) is 0 Å². The molecule has 1 N–H and O–H groups in total. The van der Waals surface area contributed by atoms with Crippen LogP contribution < -0.4 is 5.32 Å². The van der Waals surface area contributed by atoms with Gasteiger partial charge >= 0.3 is 6.03 Å². The van der Waals surface area contributed by atoms with Crippen LogP contribution in [0, 0.1) is 0 Å². The van der Waals surface area contributed by atoms with Gasteiger partial charge in [0.25, 0.3) is 0 Å². The molecule has 0 aromatic carbocycles. The van der Waals surface area contributed by atoms with E-state index in [1.807, 2.05) is 4.90 Å². The lowest BCUT2D eigenvalue weighted by Gasteiger charge is -2.32. The lowest BCUT2D eigenvalue weighted by Crippen LogP contribution is -2.43. The van der Waals surface area contributed by atoms with Crippen LogP contribution in [0.3, 0.4) is 0 Å². The Labute approximate surface area is 91.6 Å². The Morgan fingerprint density at radius 3 is 2.60 bits per heavy atom. The van der Waals surface area contributed by atoms with Crippen LogP contribution in [0.25, 0.3) is 0 Å². The Balaban J connectivity index is 1.83. The topological polar surface area (TPSA) is 35.6 Å². The van der Waals surface area contributed by atoms with Crippen LogP contribution in [-0.4, -0.2) is 55.1 Å². The molecular weight excluding hydrogens is 190 g/mol. The van der Waals surface area contributed by atoms with E-state index in [-0.39, 0.29) is 6.03 Å². The molecule has 1 atom stereocenters. The predicted molar refractivity (Wildman–Crippen MR) is 59.9 cm³/mol. The van der Waals surface area contributed by atoms with Gasteiger partial charge in [0.2, 0.25) is 0 Å². The lowest BCUT2D eigenvalue weighted by molar-refractivity contribution is 0.162. The van der Waals surface area contributed by atoms with Gasteiger partial charge in [-0.2, -0.15) is 0 Å². The van der Waals surface area contributed by atoms with Gasteiger partial charge in [-0.15, -0.1) is 0 Å². The molecule has 4 nitrogen and oxygen atoms in total. The van der Waals surface area contributed by atoms with Crippen molar-refractivity contribution >= 4 is 6.03 Å². The van der Waals surface area contributed by atoms with Crippen molar-refractivity contribution in [3.8, 4) is 0 Å². The molecule has 2 aliphatic rings. The predicted octanol–water partition coefficient (Wildman–Crippen LogP) is 0.886. The van der Waals surface area contributed by atoms with Crippen LogP contribution >= 0.6 is 0 Å². The second-order valence-electron chi connectivity index (χ2n) is 4.54. The maximum absolute atomic E-state index is 11.4. The van der Waals surface area contributed by atoms with Gasteiger partial charge in [0.1, 0.15) is 0 Å². The van der Waals surface area contributed by atoms with Crippen LogP contribution in [0.5, 0.6) is 0 Å². The van der Waals surface area contributed by atoms with Crippen LogP contribution in [0.2, 0.25) is 0 Å². The number of amides is 2. The van der Waals surface area contributed by atoms with Gasteiger partial charge in [-0.3, -0.25) is 4.90 Å². The van der Waals surface area contributed by atoms with Crippen molar-refractivity contribution in [1.82, 2.24) is 15.1 Å². The molecule has 2 saturated heterocycles. The average Bonchev–Trinajstić information content (AvgIpc) is 2.78. The standard InChI is InChI=1S/C11H21N3O/c1-12-11(15)14-8-5-10(9-14)13-6-3-2-4-7-13/h10H,2-9H2,1H3,(H,12,15). The molecule has 0 aromatic rings. The summed E-state index contributed by atoms with van der Waals surface area (Å²) in [6.45, 7) is 4.29. The minimum Gasteiger partial charge on any atom is -0.341 e. The summed E-state index contributed by atoms with van der Waals surface area (Å²) < 4.78 is 0. The SMILES string of the molecule is CNC(=O)N1CCC(N2CCCCC2)C1. The smallest absolute Gasteiger partial charge is 0.317 e. The maximum Gasteiger partial charge on any atom is 0.317 e. The Morgan fingerprint density at radius 2 is 1.93 bits per heavy atom. The molecule has 0 spiro atoms. The summed E-state index contributed by atoms with van der Waals surface area (Å²) in [5.74, 6) is 0. The van der Waals surface area contributed by atoms with Crippen molar-refractivity contribution in [2.24, 2.45) is 0 Å². The fourth-order valence-electron chi connectivity index (χ4n) is 2.67. The number of urea groups is 1. The fourth-order valence-corrected chi connectivity index (χ4v) is 2.67. The van der Waals surface area contributed by atoms with Crippen molar-refractivity contribution in [2.75, 3.05) is 33.2 Å². The molecule has 86 valence electrons. The maximum atomic E-state index is 11.4. The largest absolute Gasteiger partial charge is 0.341 e. The van der Waals surface area contributed by atoms with E-state index in [2.05, 4.69) is 10.2 Å². The first-order valence-electron chi connectivity index (χ1n) is 6.02. The van der Waals surface area contributed by atoms with E-state index in [0.717, 1.165) is 19.5 Å². The molecule has 2 fully saturated rings. The molecule has 2 heterocycles. The molecule has 0 aliphatic carbocycles. The molecule has 15 heavy (non-hydrogen) atoms. The van der Waals surface area contributed by atoms with Crippen molar-refractivity contribution < 1.29 is 4.79 Å². The van der Waals surface area contributed by atoms with E-state index in [0.29, 0.717) is 6.04 Å². The van der Waals surface area contributed by atoms with Crippen LogP contribution in [0.15, 0.2) is 0 Å². The summed E-state index contributed by atoms with van der Waals surface area (Å²) in [6.07, 6.45) is 5.18. The van der Waals surface area contributed by atoms with E-state index in [4.69, 9.17) is 0 Å². The minimum atomic E-state index is 0.0782. The molecule has 2 aliphatic heterocycles. The number of nitrogens with one attached hydrogen (secondary N) is 1.